The minimum absolute atomic E-state index is 0.190. The predicted molar refractivity (Wildman–Crippen MR) is 106 cm³/mol. The molecule has 1 aliphatic heterocycles. The lowest BCUT2D eigenvalue weighted by Crippen LogP contribution is -2.35. The van der Waals surface area contributed by atoms with E-state index in [0.29, 0.717) is 17.6 Å². The van der Waals surface area contributed by atoms with Crippen LogP contribution in [0.5, 0.6) is 5.75 Å². The van der Waals surface area contributed by atoms with Gasteiger partial charge in [-0.2, -0.15) is 13.1 Å². The third-order valence-corrected chi connectivity index (χ3v) is 7.52. The Labute approximate surface area is 163 Å². The molecule has 0 N–H and O–H groups in total. The number of sulfonamides is 1. The zero-order valence-corrected chi connectivity index (χ0v) is 16.7. The standard InChI is InChI=1S/C19H21N3O3S2/c1-25-15-11-9-14(10-12-15)17-7-3-2-4-13-22(17)27(23,24)18-8-5-6-16-19(18)21-26-20-16/h5-6,8-12,17H,2-4,7,13H2,1H3/t17-/m0/s1. The van der Waals surface area contributed by atoms with Crippen LogP contribution in [0, 0.1) is 0 Å². The van der Waals surface area contributed by atoms with Crippen LogP contribution in [0.25, 0.3) is 11.0 Å². The molecule has 1 aromatic heterocycles. The molecule has 3 aromatic rings. The van der Waals surface area contributed by atoms with Crippen LogP contribution >= 0.6 is 11.7 Å². The smallest absolute Gasteiger partial charge is 0.245 e. The monoisotopic (exact) mass is 403 g/mol. The number of fused-ring (bicyclic) bond motifs is 1. The lowest BCUT2D eigenvalue weighted by molar-refractivity contribution is 0.329. The second-order valence-electron chi connectivity index (χ2n) is 6.64. The second-order valence-corrected chi connectivity index (χ2v) is 9.03. The topological polar surface area (TPSA) is 72.4 Å². The van der Waals surface area contributed by atoms with Gasteiger partial charge in [-0.3, -0.25) is 0 Å². The Morgan fingerprint density at radius 3 is 2.67 bits per heavy atom. The first-order chi connectivity index (χ1) is 13.1. The highest BCUT2D eigenvalue weighted by Crippen LogP contribution is 2.36. The summed E-state index contributed by atoms with van der Waals surface area (Å²) in [6.07, 6.45) is 3.69. The summed E-state index contributed by atoms with van der Waals surface area (Å²) in [6.45, 7) is 0.507. The molecular formula is C19H21N3O3S2. The summed E-state index contributed by atoms with van der Waals surface area (Å²) in [7, 11) is -2.06. The zero-order valence-electron chi connectivity index (χ0n) is 15.0. The van der Waals surface area contributed by atoms with Gasteiger partial charge in [0.1, 0.15) is 21.7 Å². The van der Waals surface area contributed by atoms with E-state index in [0.717, 1.165) is 48.7 Å². The lowest BCUT2D eigenvalue weighted by atomic mass is 10.0. The summed E-state index contributed by atoms with van der Waals surface area (Å²) in [4.78, 5) is 0.245. The molecule has 8 heteroatoms. The summed E-state index contributed by atoms with van der Waals surface area (Å²) < 4.78 is 42.5. The van der Waals surface area contributed by atoms with Gasteiger partial charge >= 0.3 is 0 Å². The normalized spacial score (nSPS) is 19.1. The van der Waals surface area contributed by atoms with Crippen molar-refractivity contribution in [3.05, 3.63) is 48.0 Å². The molecule has 142 valence electrons. The number of benzene rings is 2. The van der Waals surface area contributed by atoms with Crippen molar-refractivity contribution in [2.24, 2.45) is 0 Å². The van der Waals surface area contributed by atoms with Gasteiger partial charge in [-0.25, -0.2) is 8.42 Å². The molecule has 0 aliphatic carbocycles. The van der Waals surface area contributed by atoms with Gasteiger partial charge in [0.15, 0.2) is 0 Å². The van der Waals surface area contributed by atoms with Gasteiger partial charge in [-0.15, -0.1) is 0 Å². The summed E-state index contributed by atoms with van der Waals surface area (Å²) >= 11 is 1.04. The van der Waals surface area contributed by atoms with Crippen molar-refractivity contribution in [1.29, 1.82) is 0 Å². The maximum Gasteiger partial charge on any atom is 0.245 e. The summed E-state index contributed by atoms with van der Waals surface area (Å²) in [5.41, 5.74) is 2.07. The molecule has 0 saturated carbocycles. The fourth-order valence-corrected chi connectivity index (χ4v) is 6.08. The van der Waals surface area contributed by atoms with Gasteiger partial charge in [-0.05, 0) is 42.7 Å². The lowest BCUT2D eigenvalue weighted by Gasteiger charge is -2.29. The predicted octanol–water partition coefficient (Wildman–Crippen LogP) is 4.01. The van der Waals surface area contributed by atoms with Crippen molar-refractivity contribution in [3.8, 4) is 5.75 Å². The van der Waals surface area contributed by atoms with Gasteiger partial charge in [0.25, 0.3) is 0 Å². The van der Waals surface area contributed by atoms with Crippen molar-refractivity contribution in [1.82, 2.24) is 13.1 Å². The van der Waals surface area contributed by atoms with Crippen LogP contribution < -0.4 is 4.74 Å². The molecule has 1 atom stereocenters. The molecule has 0 amide bonds. The molecule has 2 heterocycles. The van der Waals surface area contributed by atoms with Crippen molar-refractivity contribution in [3.63, 3.8) is 0 Å². The summed E-state index contributed by atoms with van der Waals surface area (Å²) in [5, 5.41) is 0. The van der Waals surface area contributed by atoms with Crippen LogP contribution in [-0.2, 0) is 10.0 Å². The van der Waals surface area contributed by atoms with Gasteiger partial charge in [0.2, 0.25) is 10.0 Å². The maximum atomic E-state index is 13.6. The number of aromatic nitrogens is 2. The molecule has 2 aromatic carbocycles. The van der Waals surface area contributed by atoms with Crippen LogP contribution in [0.15, 0.2) is 47.4 Å². The molecule has 6 nitrogen and oxygen atoms in total. The van der Waals surface area contributed by atoms with E-state index >= 15 is 0 Å². The van der Waals surface area contributed by atoms with Gasteiger partial charge in [-0.1, -0.05) is 31.0 Å². The molecule has 0 unspecified atom stereocenters. The molecule has 1 saturated heterocycles. The Hall–Kier alpha value is -2.03. The fourth-order valence-electron chi connectivity index (χ4n) is 3.64. The van der Waals surface area contributed by atoms with E-state index in [2.05, 4.69) is 8.75 Å². The van der Waals surface area contributed by atoms with Gasteiger partial charge in [0, 0.05) is 6.54 Å². The number of methoxy groups -OCH3 is 1. The Morgan fingerprint density at radius 2 is 1.89 bits per heavy atom. The molecule has 0 radical (unpaired) electrons. The first kappa shape index (κ1) is 18.3. The van der Waals surface area contributed by atoms with E-state index in [1.54, 1.807) is 29.6 Å². The van der Waals surface area contributed by atoms with Crippen LogP contribution in [0.2, 0.25) is 0 Å². The van der Waals surface area contributed by atoms with Crippen LogP contribution in [0.3, 0.4) is 0 Å². The minimum atomic E-state index is -3.69. The zero-order chi connectivity index (χ0) is 18.9. The van der Waals surface area contributed by atoms with E-state index in [-0.39, 0.29) is 10.9 Å². The van der Waals surface area contributed by atoms with E-state index in [1.807, 2.05) is 24.3 Å². The van der Waals surface area contributed by atoms with Gasteiger partial charge in [0.05, 0.1) is 24.9 Å². The third-order valence-electron chi connectivity index (χ3n) is 5.04. The average Bonchev–Trinajstić information content (AvgIpc) is 3.03. The SMILES string of the molecule is COc1ccc([C@@H]2CCCCCN2S(=O)(=O)c2cccc3nsnc23)cc1. The minimum Gasteiger partial charge on any atom is -0.497 e. The molecule has 0 spiro atoms. The first-order valence-electron chi connectivity index (χ1n) is 8.98. The van der Waals surface area contributed by atoms with Crippen LogP contribution in [0.4, 0.5) is 0 Å². The Bertz CT molecular complexity index is 1030. The van der Waals surface area contributed by atoms with Crippen LogP contribution in [-0.4, -0.2) is 35.1 Å². The molecular weight excluding hydrogens is 382 g/mol. The van der Waals surface area contributed by atoms with E-state index < -0.39 is 10.0 Å². The molecule has 0 bridgehead atoms. The van der Waals surface area contributed by atoms with Crippen molar-refractivity contribution in [2.75, 3.05) is 13.7 Å². The van der Waals surface area contributed by atoms with E-state index in [1.165, 1.54) is 0 Å². The van der Waals surface area contributed by atoms with Crippen LogP contribution in [0.1, 0.15) is 37.3 Å². The Balaban J connectivity index is 1.78. The summed E-state index contributed by atoms with van der Waals surface area (Å²) in [6, 6.07) is 12.7. The second kappa shape index (κ2) is 7.53. The first-order valence-corrected chi connectivity index (χ1v) is 11.2. The van der Waals surface area contributed by atoms with Crippen molar-refractivity contribution in [2.45, 2.75) is 36.6 Å². The Kier molecular flexibility index (Phi) is 5.12. The number of nitrogens with zero attached hydrogens (tertiary/aromatic N) is 3. The highest BCUT2D eigenvalue weighted by Gasteiger charge is 2.35. The number of ether oxygens (including phenoxy) is 1. The van der Waals surface area contributed by atoms with Crippen molar-refractivity contribution >= 4 is 32.8 Å². The highest BCUT2D eigenvalue weighted by atomic mass is 32.2. The highest BCUT2D eigenvalue weighted by molar-refractivity contribution is 7.89. The fraction of sp³-hybridized carbons (Fsp3) is 0.368. The third kappa shape index (κ3) is 3.44. The maximum absolute atomic E-state index is 13.6. The van der Waals surface area contributed by atoms with Gasteiger partial charge < -0.3 is 4.74 Å². The number of hydrogen-bond donors (Lipinski definition) is 0. The molecule has 1 fully saturated rings. The van der Waals surface area contributed by atoms with Crippen molar-refractivity contribution < 1.29 is 13.2 Å². The summed E-state index contributed by atoms with van der Waals surface area (Å²) in [5.74, 6) is 0.764. The largest absolute Gasteiger partial charge is 0.497 e. The Morgan fingerprint density at radius 1 is 1.07 bits per heavy atom. The molecule has 1 aliphatic rings. The number of rotatable bonds is 4. The average molecular weight is 404 g/mol. The molecule has 27 heavy (non-hydrogen) atoms. The van der Waals surface area contributed by atoms with E-state index in [4.69, 9.17) is 4.74 Å². The number of hydrogen-bond acceptors (Lipinski definition) is 6. The van der Waals surface area contributed by atoms with E-state index in [9.17, 15) is 8.42 Å². The molecule has 4 rings (SSSR count). The quantitative estimate of drug-likeness (QED) is 0.658.